The van der Waals surface area contributed by atoms with Gasteiger partial charge in [-0.2, -0.15) is 0 Å². The van der Waals surface area contributed by atoms with Gasteiger partial charge in [-0.15, -0.1) is 24.8 Å². The van der Waals surface area contributed by atoms with Crippen LogP contribution in [0.5, 0.6) is 0 Å². The Hall–Kier alpha value is 0.460. The fourth-order valence-corrected chi connectivity index (χ4v) is 1.49. The number of ether oxygens (including phenoxy) is 1. The fraction of sp³-hybridized carbons (Fsp3) is 1.00. The van der Waals surface area contributed by atoms with Crippen LogP contribution in [0.4, 0.5) is 0 Å². The Bertz CT molecular complexity index is 103. The van der Waals surface area contributed by atoms with Gasteiger partial charge in [0, 0.05) is 25.7 Å². The smallest absolute Gasteiger partial charge is 0.0865 e. The van der Waals surface area contributed by atoms with E-state index in [0.717, 1.165) is 26.2 Å². The first-order valence-corrected chi connectivity index (χ1v) is 3.52. The van der Waals surface area contributed by atoms with Crippen LogP contribution in [0.25, 0.3) is 0 Å². The molecule has 5 heteroatoms. The molecule has 0 aromatic carbocycles. The van der Waals surface area contributed by atoms with Crippen molar-refractivity contribution in [1.82, 2.24) is 10.6 Å². The zero-order valence-corrected chi connectivity index (χ0v) is 7.84. The lowest BCUT2D eigenvalue weighted by Gasteiger charge is -2.25. The van der Waals surface area contributed by atoms with Gasteiger partial charge in [0.05, 0.1) is 12.7 Å². The summed E-state index contributed by atoms with van der Waals surface area (Å²) in [6.07, 6.45) is 0.443. The van der Waals surface area contributed by atoms with Crippen LogP contribution in [0, 0.1) is 0 Å². The van der Waals surface area contributed by atoms with E-state index < -0.39 is 0 Å². The lowest BCUT2D eigenvalue weighted by molar-refractivity contribution is 0.0207. The number of morpholine rings is 1. The third-order valence-corrected chi connectivity index (χ3v) is 2.00. The summed E-state index contributed by atoms with van der Waals surface area (Å²) in [5, 5.41) is 6.67. The Kier molecular flexibility index (Phi) is 5.38. The lowest BCUT2D eigenvalue weighted by atomic mass is 10.2. The third-order valence-electron chi connectivity index (χ3n) is 2.00. The molecule has 2 saturated heterocycles. The summed E-state index contributed by atoms with van der Waals surface area (Å²) in [6, 6.07) is 0.582. The first kappa shape index (κ1) is 11.5. The van der Waals surface area contributed by atoms with Crippen molar-refractivity contribution in [2.45, 2.75) is 12.1 Å². The van der Waals surface area contributed by atoms with E-state index in [1.54, 1.807) is 0 Å². The standard InChI is InChI=1S/C6H12N2O.2ClH/c1-2-9-6-4-7-3-5(6)8-1;;/h5-8H,1-4H2;2*1H. The summed E-state index contributed by atoms with van der Waals surface area (Å²) < 4.78 is 5.48. The second-order valence-corrected chi connectivity index (χ2v) is 2.63. The highest BCUT2D eigenvalue weighted by atomic mass is 35.5. The Balaban J connectivity index is 0.000000500. The highest BCUT2D eigenvalue weighted by Crippen LogP contribution is 2.07. The molecule has 0 bridgehead atoms. The molecule has 68 valence electrons. The quantitative estimate of drug-likeness (QED) is 0.569. The maximum absolute atomic E-state index is 5.48. The van der Waals surface area contributed by atoms with Gasteiger partial charge >= 0.3 is 0 Å². The fourth-order valence-electron chi connectivity index (χ4n) is 1.49. The first-order chi connectivity index (χ1) is 4.47. The van der Waals surface area contributed by atoms with E-state index >= 15 is 0 Å². The van der Waals surface area contributed by atoms with E-state index in [2.05, 4.69) is 10.6 Å². The minimum Gasteiger partial charge on any atom is -0.374 e. The molecule has 0 amide bonds. The summed E-state index contributed by atoms with van der Waals surface area (Å²) in [6.45, 7) is 3.99. The molecule has 3 nitrogen and oxygen atoms in total. The van der Waals surface area contributed by atoms with E-state index in [4.69, 9.17) is 4.74 Å². The van der Waals surface area contributed by atoms with Crippen molar-refractivity contribution in [1.29, 1.82) is 0 Å². The molecule has 0 radical (unpaired) electrons. The predicted molar refractivity (Wildman–Crippen MR) is 48.9 cm³/mol. The molecule has 2 N–H and O–H groups in total. The Labute approximate surface area is 79.1 Å². The van der Waals surface area contributed by atoms with Crippen LogP contribution < -0.4 is 10.6 Å². The third kappa shape index (κ3) is 2.46. The average molecular weight is 201 g/mol. The van der Waals surface area contributed by atoms with Crippen molar-refractivity contribution in [2.24, 2.45) is 0 Å². The molecule has 2 fully saturated rings. The molecular formula is C6H14Cl2N2O. The van der Waals surface area contributed by atoms with Gasteiger partial charge in [-0.25, -0.2) is 0 Å². The summed E-state index contributed by atoms with van der Waals surface area (Å²) in [4.78, 5) is 0. The number of hydrogen-bond donors (Lipinski definition) is 2. The Morgan fingerprint density at radius 3 is 2.73 bits per heavy atom. The highest BCUT2D eigenvalue weighted by Gasteiger charge is 2.29. The first-order valence-electron chi connectivity index (χ1n) is 3.52. The summed E-state index contributed by atoms with van der Waals surface area (Å²) in [5.74, 6) is 0. The second-order valence-electron chi connectivity index (χ2n) is 2.63. The molecule has 0 aliphatic carbocycles. The highest BCUT2D eigenvalue weighted by molar-refractivity contribution is 5.85. The largest absolute Gasteiger partial charge is 0.374 e. The molecule has 11 heavy (non-hydrogen) atoms. The average Bonchev–Trinajstić information content (AvgIpc) is 2.33. The minimum absolute atomic E-state index is 0. The minimum atomic E-state index is 0. The van der Waals surface area contributed by atoms with Gasteiger partial charge in [-0.3, -0.25) is 0 Å². The Morgan fingerprint density at radius 1 is 1.18 bits per heavy atom. The van der Waals surface area contributed by atoms with Crippen molar-refractivity contribution in [3.63, 3.8) is 0 Å². The number of hydrogen-bond acceptors (Lipinski definition) is 3. The number of rotatable bonds is 0. The van der Waals surface area contributed by atoms with Gasteiger partial charge < -0.3 is 15.4 Å². The molecule has 0 aromatic rings. The maximum Gasteiger partial charge on any atom is 0.0865 e. The van der Waals surface area contributed by atoms with Crippen LogP contribution in [-0.4, -0.2) is 38.4 Å². The summed E-state index contributed by atoms with van der Waals surface area (Å²) in [5.41, 5.74) is 0. The van der Waals surface area contributed by atoms with E-state index in [1.807, 2.05) is 0 Å². The zero-order chi connectivity index (χ0) is 6.10. The lowest BCUT2D eigenvalue weighted by Crippen LogP contribution is -2.47. The van der Waals surface area contributed by atoms with Gasteiger partial charge in [0.1, 0.15) is 0 Å². The van der Waals surface area contributed by atoms with E-state index in [-0.39, 0.29) is 24.8 Å². The monoisotopic (exact) mass is 200 g/mol. The molecule has 2 aliphatic rings. The van der Waals surface area contributed by atoms with Crippen LogP contribution in [0.3, 0.4) is 0 Å². The van der Waals surface area contributed by atoms with Gasteiger partial charge in [-0.1, -0.05) is 0 Å². The van der Waals surface area contributed by atoms with Crippen molar-refractivity contribution < 1.29 is 4.74 Å². The van der Waals surface area contributed by atoms with Crippen molar-refractivity contribution >= 4 is 24.8 Å². The molecule has 0 spiro atoms. The van der Waals surface area contributed by atoms with Crippen molar-refractivity contribution in [3.05, 3.63) is 0 Å². The molecule has 2 atom stereocenters. The molecule has 0 saturated carbocycles. The number of fused-ring (bicyclic) bond motifs is 1. The molecule has 2 rings (SSSR count). The van der Waals surface area contributed by atoms with Gasteiger partial charge in [-0.05, 0) is 0 Å². The van der Waals surface area contributed by atoms with Gasteiger partial charge in [0.15, 0.2) is 0 Å². The maximum atomic E-state index is 5.48. The SMILES string of the molecule is C1COC2CNCC2N1.Cl.Cl. The topological polar surface area (TPSA) is 33.3 Å². The molecule has 2 unspecified atom stereocenters. The van der Waals surface area contributed by atoms with Crippen molar-refractivity contribution in [3.8, 4) is 0 Å². The summed E-state index contributed by atoms with van der Waals surface area (Å²) >= 11 is 0. The van der Waals surface area contributed by atoms with Crippen LogP contribution >= 0.6 is 24.8 Å². The van der Waals surface area contributed by atoms with Crippen LogP contribution in [0.15, 0.2) is 0 Å². The van der Waals surface area contributed by atoms with Crippen molar-refractivity contribution in [2.75, 3.05) is 26.2 Å². The molecule has 2 aliphatic heterocycles. The number of halogens is 2. The van der Waals surface area contributed by atoms with Crippen LogP contribution in [-0.2, 0) is 4.74 Å². The zero-order valence-electron chi connectivity index (χ0n) is 6.21. The normalized spacial score (nSPS) is 34.9. The van der Waals surface area contributed by atoms with Gasteiger partial charge in [0.2, 0.25) is 0 Å². The molecular weight excluding hydrogens is 187 g/mol. The molecule has 0 aromatic heterocycles. The van der Waals surface area contributed by atoms with Crippen LogP contribution in [0.2, 0.25) is 0 Å². The predicted octanol–water partition coefficient (Wildman–Crippen LogP) is -0.210. The van der Waals surface area contributed by atoms with Gasteiger partial charge in [0.25, 0.3) is 0 Å². The van der Waals surface area contributed by atoms with E-state index in [1.165, 1.54) is 0 Å². The van der Waals surface area contributed by atoms with E-state index in [9.17, 15) is 0 Å². The van der Waals surface area contributed by atoms with E-state index in [0.29, 0.717) is 12.1 Å². The summed E-state index contributed by atoms with van der Waals surface area (Å²) in [7, 11) is 0. The second kappa shape index (κ2) is 5.17. The number of nitrogens with one attached hydrogen (secondary N) is 2. The molecule has 2 heterocycles. The Morgan fingerprint density at radius 2 is 2.00 bits per heavy atom. The van der Waals surface area contributed by atoms with Crippen LogP contribution in [0.1, 0.15) is 0 Å².